The smallest absolute Gasteiger partial charge is 0.332 e. The van der Waals surface area contributed by atoms with Gasteiger partial charge >= 0.3 is 5.97 Å². The fraction of sp³-hybridized carbons (Fsp3) is 0.357. The maximum atomic E-state index is 13.6. The molecule has 1 aliphatic carbocycles. The van der Waals surface area contributed by atoms with Gasteiger partial charge in [0, 0.05) is 42.9 Å². The zero-order chi connectivity index (χ0) is 27.6. The first-order chi connectivity index (χ1) is 19.4. The maximum Gasteiger partial charge on any atom is 0.332 e. The molecule has 2 aliphatic heterocycles. The van der Waals surface area contributed by atoms with Crippen LogP contribution in [0.25, 0.3) is 10.9 Å². The number of nitrogens with one attached hydrogen (secondary N) is 2. The van der Waals surface area contributed by atoms with E-state index in [2.05, 4.69) is 25.5 Å². The molecule has 3 heterocycles. The van der Waals surface area contributed by atoms with Crippen LogP contribution in [0.5, 0.6) is 5.75 Å². The summed E-state index contributed by atoms with van der Waals surface area (Å²) in [5.41, 5.74) is 1.64. The van der Waals surface area contributed by atoms with Crippen LogP contribution in [0, 0.1) is 11.7 Å². The van der Waals surface area contributed by atoms with Crippen molar-refractivity contribution in [1.29, 1.82) is 0 Å². The van der Waals surface area contributed by atoms with Crippen LogP contribution in [0.15, 0.2) is 48.8 Å². The number of likely N-dealkylation sites (tertiary alicyclic amines) is 1. The van der Waals surface area contributed by atoms with Crippen LogP contribution >= 0.6 is 11.6 Å². The Bertz CT molecular complexity index is 1480. The van der Waals surface area contributed by atoms with E-state index in [0.29, 0.717) is 66.0 Å². The summed E-state index contributed by atoms with van der Waals surface area (Å²) < 4.78 is 30.6. The first-order valence-electron chi connectivity index (χ1n) is 13.1. The van der Waals surface area contributed by atoms with E-state index in [9.17, 15) is 14.0 Å². The summed E-state index contributed by atoms with van der Waals surface area (Å²) in [5.74, 6) is 0.293. The number of ether oxygens (including phenoxy) is 3. The lowest BCUT2D eigenvalue weighted by molar-refractivity contribution is -0.176. The van der Waals surface area contributed by atoms with Crippen molar-refractivity contribution in [3.05, 3.63) is 59.7 Å². The molecule has 3 fully saturated rings. The summed E-state index contributed by atoms with van der Waals surface area (Å²) in [6.07, 6.45) is 6.47. The third kappa shape index (κ3) is 6.16. The zero-order valence-corrected chi connectivity index (χ0v) is 22.2. The topological polar surface area (TPSA) is 115 Å². The van der Waals surface area contributed by atoms with Gasteiger partial charge in [-0.25, -0.2) is 19.2 Å². The molecule has 0 spiro atoms. The predicted octanol–water partition coefficient (Wildman–Crippen LogP) is 4.08. The number of esters is 1. The second kappa shape index (κ2) is 11.4. The number of rotatable bonds is 9. The van der Waals surface area contributed by atoms with Crippen molar-refractivity contribution in [2.75, 3.05) is 43.5 Å². The standard InChI is InChI=1S/C28H27ClFN5O5/c29-19-8-17(5-6-20(19)30)33-28-18-9-22(23(38-13-16-3-4-16)10-21(18)31-15-32-28)34-26(36)2-1-7-35-11-24-25(12-35)40-27(37)14-39-24/h1-2,5-6,8-10,15-16,24-25H,3-4,7,11-14H2,(H,34,36)(H,31,32,33). The summed E-state index contributed by atoms with van der Waals surface area (Å²) in [6, 6.07) is 7.83. The number of aromatic nitrogens is 2. The molecule has 1 aromatic heterocycles. The van der Waals surface area contributed by atoms with Gasteiger partial charge in [-0.05, 0) is 43.0 Å². The van der Waals surface area contributed by atoms with Gasteiger partial charge in [0.25, 0.3) is 0 Å². The number of carbonyl (C=O) groups excluding carboxylic acids is 2. The van der Waals surface area contributed by atoms with Crippen molar-refractivity contribution in [3.8, 4) is 5.75 Å². The number of halogens is 2. The van der Waals surface area contributed by atoms with Crippen LogP contribution in [0.3, 0.4) is 0 Å². The third-order valence-electron chi connectivity index (χ3n) is 6.97. The van der Waals surface area contributed by atoms with Crippen molar-refractivity contribution >= 4 is 51.6 Å². The van der Waals surface area contributed by atoms with E-state index in [1.807, 2.05) is 0 Å². The van der Waals surface area contributed by atoms with Crippen LogP contribution in [0.1, 0.15) is 12.8 Å². The van der Waals surface area contributed by atoms with Gasteiger partial charge in [0.15, 0.2) is 0 Å². The molecule has 10 nitrogen and oxygen atoms in total. The highest BCUT2D eigenvalue weighted by Gasteiger charge is 2.39. The number of nitrogens with zero attached hydrogens (tertiary/aromatic N) is 3. The fourth-order valence-electron chi connectivity index (χ4n) is 4.71. The highest BCUT2D eigenvalue weighted by molar-refractivity contribution is 6.31. The van der Waals surface area contributed by atoms with Crippen molar-refractivity contribution in [2.45, 2.75) is 25.0 Å². The van der Waals surface area contributed by atoms with E-state index in [-0.39, 0.29) is 35.7 Å². The molecule has 2 aromatic carbocycles. The van der Waals surface area contributed by atoms with Crippen molar-refractivity contribution < 1.29 is 28.2 Å². The largest absolute Gasteiger partial charge is 0.491 e. The number of amides is 1. The van der Waals surface area contributed by atoms with Gasteiger partial charge in [-0.15, -0.1) is 0 Å². The Morgan fingerprint density at radius 3 is 2.88 bits per heavy atom. The molecule has 3 aromatic rings. The molecule has 2 atom stereocenters. The second-order valence-corrected chi connectivity index (χ2v) is 10.5. The Kier molecular flexibility index (Phi) is 7.50. The number of hydrogen-bond donors (Lipinski definition) is 2. The Balaban J connectivity index is 1.18. The molecule has 12 heteroatoms. The minimum Gasteiger partial charge on any atom is -0.491 e. The van der Waals surface area contributed by atoms with Gasteiger partial charge in [0.2, 0.25) is 5.91 Å². The molecular formula is C28H27ClFN5O5. The second-order valence-electron chi connectivity index (χ2n) is 10.1. The van der Waals surface area contributed by atoms with Gasteiger partial charge in [-0.2, -0.15) is 0 Å². The molecule has 3 aliphatic rings. The highest BCUT2D eigenvalue weighted by atomic mass is 35.5. The molecule has 2 N–H and O–H groups in total. The van der Waals surface area contributed by atoms with E-state index >= 15 is 0 Å². The van der Waals surface area contributed by atoms with Gasteiger partial charge in [-0.3, -0.25) is 9.69 Å². The van der Waals surface area contributed by atoms with Crippen molar-refractivity contribution in [2.24, 2.45) is 5.92 Å². The first-order valence-corrected chi connectivity index (χ1v) is 13.4. The number of benzene rings is 2. The van der Waals surface area contributed by atoms with Crippen LogP contribution in [0.2, 0.25) is 5.02 Å². The predicted molar refractivity (Wildman–Crippen MR) is 146 cm³/mol. The average Bonchev–Trinajstić information content (AvgIpc) is 3.68. The highest BCUT2D eigenvalue weighted by Crippen LogP contribution is 2.36. The Hall–Kier alpha value is -3.80. The molecule has 208 valence electrons. The SMILES string of the molecule is O=C(C=CCN1CC2OCC(=O)OC2C1)Nc1cc2c(Nc3ccc(F)c(Cl)c3)ncnc2cc1OCC1CC1. The van der Waals surface area contributed by atoms with Gasteiger partial charge in [0.1, 0.15) is 42.5 Å². The van der Waals surface area contributed by atoms with Gasteiger partial charge in [0.05, 0.1) is 22.8 Å². The van der Waals surface area contributed by atoms with Crippen LogP contribution < -0.4 is 15.4 Å². The monoisotopic (exact) mass is 567 g/mol. The molecule has 1 amide bonds. The molecule has 6 rings (SSSR count). The zero-order valence-electron chi connectivity index (χ0n) is 21.4. The molecule has 0 bridgehead atoms. The lowest BCUT2D eigenvalue weighted by Gasteiger charge is -2.24. The van der Waals surface area contributed by atoms with Gasteiger partial charge in [-0.1, -0.05) is 17.7 Å². The Labute approximate surface area is 234 Å². The van der Waals surface area contributed by atoms with E-state index in [0.717, 1.165) is 12.8 Å². The Morgan fingerprint density at radius 2 is 2.05 bits per heavy atom. The lowest BCUT2D eigenvalue weighted by Crippen LogP contribution is -2.39. The summed E-state index contributed by atoms with van der Waals surface area (Å²) in [5, 5.41) is 6.69. The fourth-order valence-corrected chi connectivity index (χ4v) is 4.89. The summed E-state index contributed by atoms with van der Waals surface area (Å²) in [7, 11) is 0. The summed E-state index contributed by atoms with van der Waals surface area (Å²) in [6.45, 7) is 2.22. The average molecular weight is 568 g/mol. The van der Waals surface area contributed by atoms with E-state index in [1.165, 1.54) is 24.5 Å². The number of carbonyl (C=O) groups is 2. The quantitative estimate of drug-likeness (QED) is 0.291. The van der Waals surface area contributed by atoms with E-state index in [1.54, 1.807) is 24.3 Å². The van der Waals surface area contributed by atoms with E-state index < -0.39 is 5.82 Å². The van der Waals surface area contributed by atoms with E-state index in [4.69, 9.17) is 25.8 Å². The molecule has 2 saturated heterocycles. The third-order valence-corrected chi connectivity index (χ3v) is 7.26. The first kappa shape index (κ1) is 26.4. The van der Waals surface area contributed by atoms with Crippen LogP contribution in [-0.2, 0) is 19.1 Å². The normalized spacial score (nSPS) is 20.9. The maximum absolute atomic E-state index is 13.6. The molecule has 40 heavy (non-hydrogen) atoms. The molecule has 0 radical (unpaired) electrons. The summed E-state index contributed by atoms with van der Waals surface area (Å²) in [4.78, 5) is 35.1. The number of anilines is 3. The van der Waals surface area contributed by atoms with Crippen LogP contribution in [-0.4, -0.2) is 71.8 Å². The number of hydrogen-bond acceptors (Lipinski definition) is 9. The lowest BCUT2D eigenvalue weighted by atomic mass is 10.1. The van der Waals surface area contributed by atoms with Gasteiger partial charge < -0.3 is 24.8 Å². The summed E-state index contributed by atoms with van der Waals surface area (Å²) >= 11 is 5.94. The molecule has 2 unspecified atom stereocenters. The van der Waals surface area contributed by atoms with Crippen molar-refractivity contribution in [1.82, 2.24) is 14.9 Å². The minimum atomic E-state index is -0.518. The Morgan fingerprint density at radius 1 is 1.20 bits per heavy atom. The van der Waals surface area contributed by atoms with Crippen LogP contribution in [0.4, 0.5) is 21.6 Å². The molecular weight excluding hydrogens is 541 g/mol. The minimum absolute atomic E-state index is 0.0138. The molecule has 1 saturated carbocycles. The van der Waals surface area contributed by atoms with Crippen molar-refractivity contribution in [3.63, 3.8) is 0 Å². The number of fused-ring (bicyclic) bond motifs is 2.